The highest BCUT2D eigenvalue weighted by Crippen LogP contribution is 2.27. The van der Waals surface area contributed by atoms with Crippen LogP contribution >= 0.6 is 11.8 Å². The van der Waals surface area contributed by atoms with Crippen LogP contribution in [-0.4, -0.2) is 10.7 Å². The van der Waals surface area contributed by atoms with Crippen molar-refractivity contribution in [2.75, 3.05) is 5.75 Å². The zero-order valence-corrected chi connectivity index (χ0v) is 9.88. The summed E-state index contributed by atoms with van der Waals surface area (Å²) in [5.74, 6) is 0.962. The Morgan fingerprint density at radius 1 is 1.19 bits per heavy atom. The molecule has 0 fully saturated rings. The van der Waals surface area contributed by atoms with Gasteiger partial charge >= 0.3 is 0 Å². The van der Waals surface area contributed by atoms with Crippen molar-refractivity contribution in [3.63, 3.8) is 0 Å². The van der Waals surface area contributed by atoms with E-state index in [1.54, 1.807) is 18.0 Å². The van der Waals surface area contributed by atoms with Crippen LogP contribution in [0.25, 0.3) is 11.1 Å². The number of aromatic amines is 1. The quantitative estimate of drug-likeness (QED) is 0.823. The number of hydrogen-bond donors (Lipinski definition) is 1. The van der Waals surface area contributed by atoms with Crippen LogP contribution in [0.4, 0.5) is 0 Å². The van der Waals surface area contributed by atoms with Crippen LogP contribution < -0.4 is 5.56 Å². The zero-order valence-electron chi connectivity index (χ0n) is 9.07. The topological polar surface area (TPSA) is 32.9 Å². The Bertz CT molecular complexity index is 519. The van der Waals surface area contributed by atoms with Crippen LogP contribution in [0.1, 0.15) is 6.92 Å². The summed E-state index contributed by atoms with van der Waals surface area (Å²) < 4.78 is 0. The van der Waals surface area contributed by atoms with E-state index in [-0.39, 0.29) is 5.56 Å². The number of benzene rings is 1. The van der Waals surface area contributed by atoms with Gasteiger partial charge in [0, 0.05) is 11.1 Å². The monoisotopic (exact) mass is 231 g/mol. The summed E-state index contributed by atoms with van der Waals surface area (Å²) in [6, 6.07) is 11.7. The summed E-state index contributed by atoms with van der Waals surface area (Å²) in [4.78, 5) is 15.6. The number of rotatable bonds is 3. The van der Waals surface area contributed by atoms with Crippen LogP contribution in [-0.2, 0) is 0 Å². The van der Waals surface area contributed by atoms with Gasteiger partial charge in [0.25, 0.3) is 5.56 Å². The number of thioether (sulfide) groups is 1. The first-order valence-electron chi connectivity index (χ1n) is 5.23. The smallest absolute Gasteiger partial charge is 0.256 e. The maximum Gasteiger partial charge on any atom is 0.256 e. The number of hydrogen-bond acceptors (Lipinski definition) is 2. The van der Waals surface area contributed by atoms with Crippen molar-refractivity contribution in [3.05, 3.63) is 52.9 Å². The highest BCUT2D eigenvalue weighted by atomic mass is 32.2. The Hall–Kier alpha value is -1.48. The normalized spacial score (nSPS) is 10.3. The molecule has 2 nitrogen and oxygen atoms in total. The fourth-order valence-electron chi connectivity index (χ4n) is 1.61. The third kappa shape index (κ3) is 2.19. The minimum Gasteiger partial charge on any atom is -0.329 e. The first kappa shape index (κ1) is 11.0. The van der Waals surface area contributed by atoms with Gasteiger partial charge in [-0.05, 0) is 17.4 Å². The molecule has 0 unspecified atom stereocenters. The number of aromatic nitrogens is 1. The summed E-state index contributed by atoms with van der Waals surface area (Å²) >= 11 is 1.69. The standard InChI is InChI=1S/C13H13NOS/c1-2-16-11-8-9-14-13(15)12(11)10-6-4-3-5-7-10/h3-9H,2H2,1H3,(H,14,15). The SMILES string of the molecule is CCSc1cc[nH]c(=O)c1-c1ccccc1. The molecule has 2 aromatic rings. The molecule has 3 heteroatoms. The molecule has 0 amide bonds. The van der Waals surface area contributed by atoms with E-state index in [2.05, 4.69) is 11.9 Å². The average Bonchev–Trinajstić information content (AvgIpc) is 2.31. The Balaban J connectivity index is 2.59. The predicted molar refractivity (Wildman–Crippen MR) is 68.9 cm³/mol. The second-order valence-corrected chi connectivity index (χ2v) is 4.65. The van der Waals surface area contributed by atoms with Gasteiger partial charge < -0.3 is 4.98 Å². The lowest BCUT2D eigenvalue weighted by molar-refractivity contribution is 1.19. The van der Waals surface area contributed by atoms with Gasteiger partial charge in [0.2, 0.25) is 0 Å². The van der Waals surface area contributed by atoms with Gasteiger partial charge in [-0.1, -0.05) is 37.3 Å². The van der Waals surface area contributed by atoms with Gasteiger partial charge in [0.15, 0.2) is 0 Å². The van der Waals surface area contributed by atoms with Gasteiger partial charge in [-0.25, -0.2) is 0 Å². The Morgan fingerprint density at radius 3 is 2.62 bits per heavy atom. The molecule has 0 saturated heterocycles. The summed E-state index contributed by atoms with van der Waals surface area (Å²) in [5, 5.41) is 0. The molecule has 1 aromatic carbocycles. The average molecular weight is 231 g/mol. The third-order valence-electron chi connectivity index (χ3n) is 2.28. The van der Waals surface area contributed by atoms with Crippen LogP contribution in [0.2, 0.25) is 0 Å². The molecule has 0 spiro atoms. The second kappa shape index (κ2) is 5.03. The Labute approximate surface area is 98.7 Å². The molecule has 0 radical (unpaired) electrons. The van der Waals surface area contributed by atoms with Crippen LogP contribution in [0.3, 0.4) is 0 Å². The maximum atomic E-state index is 11.8. The largest absolute Gasteiger partial charge is 0.329 e. The van der Waals surface area contributed by atoms with Crippen LogP contribution in [0, 0.1) is 0 Å². The first-order chi connectivity index (χ1) is 7.83. The molecule has 0 atom stereocenters. The highest BCUT2D eigenvalue weighted by Gasteiger charge is 2.08. The van der Waals surface area contributed by atoms with Crippen LogP contribution in [0.15, 0.2) is 52.3 Å². The van der Waals surface area contributed by atoms with E-state index in [1.807, 2.05) is 36.4 Å². The molecule has 0 aliphatic rings. The molecule has 0 saturated carbocycles. The molecule has 1 heterocycles. The molecule has 82 valence electrons. The molecule has 2 rings (SSSR count). The van der Waals surface area contributed by atoms with E-state index in [1.165, 1.54) is 0 Å². The van der Waals surface area contributed by atoms with Gasteiger partial charge in [-0.3, -0.25) is 4.79 Å². The fourth-order valence-corrected chi connectivity index (χ4v) is 2.44. The third-order valence-corrected chi connectivity index (χ3v) is 3.22. The van der Waals surface area contributed by atoms with Crippen molar-refractivity contribution in [1.29, 1.82) is 0 Å². The molecule has 0 aliphatic heterocycles. The van der Waals surface area contributed by atoms with Gasteiger partial charge in [-0.2, -0.15) is 0 Å². The van der Waals surface area contributed by atoms with Crippen molar-refractivity contribution in [1.82, 2.24) is 4.98 Å². The molecule has 16 heavy (non-hydrogen) atoms. The predicted octanol–water partition coefficient (Wildman–Crippen LogP) is 3.15. The Kier molecular flexibility index (Phi) is 3.47. The summed E-state index contributed by atoms with van der Waals surface area (Å²) in [6.07, 6.45) is 1.70. The van der Waals surface area contributed by atoms with Crippen molar-refractivity contribution >= 4 is 11.8 Å². The Morgan fingerprint density at radius 2 is 1.94 bits per heavy atom. The number of nitrogens with one attached hydrogen (secondary N) is 1. The lowest BCUT2D eigenvalue weighted by Gasteiger charge is -2.06. The molecule has 1 aromatic heterocycles. The molecular formula is C13H13NOS. The lowest BCUT2D eigenvalue weighted by atomic mass is 10.1. The van der Waals surface area contributed by atoms with Crippen molar-refractivity contribution in [2.45, 2.75) is 11.8 Å². The van der Waals surface area contributed by atoms with Gasteiger partial charge in [0.1, 0.15) is 0 Å². The van der Waals surface area contributed by atoms with E-state index in [0.29, 0.717) is 0 Å². The lowest BCUT2D eigenvalue weighted by Crippen LogP contribution is -2.09. The van der Waals surface area contributed by atoms with Crippen molar-refractivity contribution in [3.8, 4) is 11.1 Å². The molecular weight excluding hydrogens is 218 g/mol. The minimum atomic E-state index is -0.0235. The molecule has 0 bridgehead atoms. The van der Waals surface area contributed by atoms with Crippen molar-refractivity contribution in [2.24, 2.45) is 0 Å². The highest BCUT2D eigenvalue weighted by molar-refractivity contribution is 7.99. The van der Waals surface area contributed by atoms with E-state index in [4.69, 9.17) is 0 Å². The van der Waals surface area contributed by atoms with Gasteiger partial charge in [0.05, 0.1) is 5.56 Å². The van der Waals surface area contributed by atoms with Crippen molar-refractivity contribution < 1.29 is 0 Å². The molecule has 1 N–H and O–H groups in total. The summed E-state index contributed by atoms with van der Waals surface area (Å²) in [6.45, 7) is 2.08. The fraction of sp³-hybridized carbons (Fsp3) is 0.154. The van der Waals surface area contributed by atoms with E-state index in [9.17, 15) is 4.79 Å². The number of H-pyrrole nitrogens is 1. The summed E-state index contributed by atoms with van der Waals surface area (Å²) in [7, 11) is 0. The minimum absolute atomic E-state index is 0.0235. The first-order valence-corrected chi connectivity index (χ1v) is 6.21. The van der Waals surface area contributed by atoms with E-state index >= 15 is 0 Å². The molecule has 0 aliphatic carbocycles. The number of pyridine rings is 1. The summed E-state index contributed by atoms with van der Waals surface area (Å²) in [5.41, 5.74) is 1.72. The zero-order chi connectivity index (χ0) is 11.4. The maximum absolute atomic E-state index is 11.8. The van der Waals surface area contributed by atoms with E-state index in [0.717, 1.165) is 21.8 Å². The van der Waals surface area contributed by atoms with Crippen LogP contribution in [0.5, 0.6) is 0 Å². The van der Waals surface area contributed by atoms with E-state index < -0.39 is 0 Å². The second-order valence-electron chi connectivity index (χ2n) is 3.35. The van der Waals surface area contributed by atoms with Gasteiger partial charge in [-0.15, -0.1) is 11.8 Å².